The molecule has 0 bridgehead atoms. The Morgan fingerprint density at radius 2 is 1.71 bits per heavy atom. The van der Waals surface area contributed by atoms with E-state index in [1.165, 1.54) is 18.2 Å². The van der Waals surface area contributed by atoms with Crippen LogP contribution in [0, 0.1) is 5.82 Å². The van der Waals surface area contributed by atoms with Crippen molar-refractivity contribution in [3.8, 4) is 0 Å². The fourth-order valence-electron chi connectivity index (χ4n) is 4.20. The van der Waals surface area contributed by atoms with Gasteiger partial charge >= 0.3 is 0 Å². The maximum atomic E-state index is 14.2. The van der Waals surface area contributed by atoms with Crippen molar-refractivity contribution in [1.29, 1.82) is 0 Å². The number of anilines is 1. The molecule has 3 aromatic rings. The topological polar surface area (TPSA) is 61.4 Å². The van der Waals surface area contributed by atoms with Crippen molar-refractivity contribution in [2.24, 2.45) is 0 Å². The van der Waals surface area contributed by atoms with Crippen molar-refractivity contribution in [2.45, 2.75) is 18.9 Å². The van der Waals surface area contributed by atoms with E-state index in [-0.39, 0.29) is 17.8 Å². The Labute approximate surface area is 203 Å². The van der Waals surface area contributed by atoms with Gasteiger partial charge in [0.15, 0.2) is 5.78 Å². The molecule has 0 spiro atoms. The molecule has 1 aliphatic rings. The normalized spacial score (nSPS) is 14.5. The number of nitrogens with one attached hydrogen (secondary N) is 2. The van der Waals surface area contributed by atoms with Crippen LogP contribution in [0.5, 0.6) is 0 Å². The van der Waals surface area contributed by atoms with Crippen molar-refractivity contribution in [3.63, 3.8) is 0 Å². The molecule has 1 fully saturated rings. The molecule has 0 unspecified atom stereocenters. The average Bonchev–Trinajstić information content (AvgIpc) is 2.85. The van der Waals surface area contributed by atoms with Gasteiger partial charge in [-0.3, -0.25) is 9.59 Å². The lowest BCUT2D eigenvalue weighted by Gasteiger charge is -2.31. The number of benzene rings is 3. The smallest absolute Gasteiger partial charge is 0.254 e. The standard InChI is InChI=1S/C27H27ClFN3O2/c28-21-10-11-25(32-14-12-30-13-15-32)20(17-21)18-26(33)24(16-19-6-2-1-3-7-19)31-27(34)22-8-4-5-9-23(22)29/h1-11,17,24,30H,12-16,18H2,(H,31,34)/t24-/m0/s1. The van der Waals surface area contributed by atoms with Crippen molar-refractivity contribution in [2.75, 3.05) is 31.1 Å². The molecule has 1 atom stereocenters. The third-order valence-corrected chi connectivity index (χ3v) is 6.19. The van der Waals surface area contributed by atoms with Gasteiger partial charge in [-0.15, -0.1) is 0 Å². The number of amides is 1. The Morgan fingerprint density at radius 3 is 2.44 bits per heavy atom. The largest absolute Gasteiger partial charge is 0.369 e. The van der Waals surface area contributed by atoms with Crippen LogP contribution in [0.3, 0.4) is 0 Å². The summed E-state index contributed by atoms with van der Waals surface area (Å²) in [6.45, 7) is 3.40. The van der Waals surface area contributed by atoms with Crippen molar-refractivity contribution in [1.82, 2.24) is 10.6 Å². The summed E-state index contributed by atoms with van der Waals surface area (Å²) in [4.78, 5) is 28.6. The molecule has 0 radical (unpaired) electrons. The lowest BCUT2D eigenvalue weighted by molar-refractivity contribution is -0.120. The van der Waals surface area contributed by atoms with E-state index in [1.807, 2.05) is 48.5 Å². The van der Waals surface area contributed by atoms with Crippen molar-refractivity contribution in [3.05, 3.63) is 100 Å². The molecule has 0 aromatic heterocycles. The molecule has 0 aliphatic carbocycles. The SMILES string of the molecule is O=C(N[C@@H](Cc1ccccc1)C(=O)Cc1cc(Cl)ccc1N1CCNCC1)c1ccccc1F. The number of hydrogen-bond acceptors (Lipinski definition) is 4. The maximum absolute atomic E-state index is 14.2. The second-order valence-corrected chi connectivity index (χ2v) is 8.79. The molecule has 1 amide bonds. The zero-order chi connectivity index (χ0) is 23.9. The fourth-order valence-corrected chi connectivity index (χ4v) is 4.39. The second-order valence-electron chi connectivity index (χ2n) is 8.35. The van der Waals surface area contributed by atoms with Crippen molar-refractivity contribution >= 4 is 29.0 Å². The number of rotatable bonds is 8. The first-order chi connectivity index (χ1) is 16.5. The number of carbonyl (C=O) groups excluding carboxylic acids is 2. The van der Waals surface area contributed by atoms with E-state index in [9.17, 15) is 14.0 Å². The summed E-state index contributed by atoms with van der Waals surface area (Å²) < 4.78 is 14.2. The highest BCUT2D eigenvalue weighted by Crippen LogP contribution is 2.26. The maximum Gasteiger partial charge on any atom is 0.254 e. The summed E-state index contributed by atoms with van der Waals surface area (Å²) in [5, 5.41) is 6.65. The molecular weight excluding hydrogens is 453 g/mol. The predicted molar refractivity (Wildman–Crippen MR) is 133 cm³/mol. The van der Waals surface area contributed by atoms with E-state index in [1.54, 1.807) is 6.07 Å². The van der Waals surface area contributed by atoms with E-state index in [2.05, 4.69) is 15.5 Å². The first-order valence-electron chi connectivity index (χ1n) is 11.4. The van der Waals surface area contributed by atoms with Crippen LogP contribution in [0.1, 0.15) is 21.5 Å². The van der Waals surface area contributed by atoms with Crippen LogP contribution in [0.15, 0.2) is 72.8 Å². The number of halogens is 2. The zero-order valence-electron chi connectivity index (χ0n) is 18.8. The average molecular weight is 480 g/mol. The van der Waals surface area contributed by atoms with Gasteiger partial charge in [-0.2, -0.15) is 0 Å². The molecule has 1 saturated heterocycles. The summed E-state index contributed by atoms with van der Waals surface area (Å²) in [5.74, 6) is -1.39. The highest BCUT2D eigenvalue weighted by Gasteiger charge is 2.25. The van der Waals surface area contributed by atoms with E-state index in [0.717, 1.165) is 43.0 Å². The van der Waals surface area contributed by atoms with Crippen LogP contribution in [-0.2, 0) is 17.6 Å². The van der Waals surface area contributed by atoms with Crippen molar-refractivity contribution < 1.29 is 14.0 Å². The fraction of sp³-hybridized carbons (Fsp3) is 0.259. The summed E-state index contributed by atoms with van der Waals surface area (Å²) in [7, 11) is 0. The van der Waals surface area contributed by atoms with Crippen LogP contribution in [0.25, 0.3) is 0 Å². The molecular formula is C27H27ClFN3O2. The highest BCUT2D eigenvalue weighted by molar-refractivity contribution is 6.30. The van der Waals surface area contributed by atoms with Gasteiger partial charge < -0.3 is 15.5 Å². The third kappa shape index (κ3) is 6.01. The number of piperazine rings is 1. The summed E-state index contributed by atoms with van der Waals surface area (Å²) in [6.07, 6.45) is 0.415. The van der Waals surface area contributed by atoms with Crippen LogP contribution in [-0.4, -0.2) is 43.9 Å². The van der Waals surface area contributed by atoms with E-state index < -0.39 is 17.8 Å². The minimum atomic E-state index is -0.815. The molecule has 0 saturated carbocycles. The Kier molecular flexibility index (Phi) is 7.93. The van der Waals surface area contributed by atoms with Gasteiger partial charge in [-0.25, -0.2) is 4.39 Å². The summed E-state index contributed by atoms with van der Waals surface area (Å²) >= 11 is 6.28. The molecule has 5 nitrogen and oxygen atoms in total. The number of carbonyl (C=O) groups is 2. The van der Waals surface area contributed by atoms with Gasteiger partial charge in [0.05, 0.1) is 11.6 Å². The summed E-state index contributed by atoms with van der Waals surface area (Å²) in [6, 6.07) is 20.0. The minimum Gasteiger partial charge on any atom is -0.369 e. The lowest BCUT2D eigenvalue weighted by atomic mass is 9.96. The number of ketones is 1. The first kappa shape index (κ1) is 23.9. The molecule has 4 rings (SSSR count). The van der Waals surface area contributed by atoms with E-state index in [4.69, 9.17) is 11.6 Å². The first-order valence-corrected chi connectivity index (χ1v) is 11.7. The van der Waals surface area contributed by atoms with Gasteiger partial charge in [-0.1, -0.05) is 54.1 Å². The second kappa shape index (κ2) is 11.3. The van der Waals surface area contributed by atoms with E-state index >= 15 is 0 Å². The van der Waals surface area contributed by atoms with Crippen LogP contribution < -0.4 is 15.5 Å². The number of Topliss-reactive ketones (excluding diaryl/α,β-unsaturated/α-hetero) is 1. The van der Waals surface area contributed by atoms with Crippen LogP contribution in [0.4, 0.5) is 10.1 Å². The molecule has 2 N–H and O–H groups in total. The summed E-state index contributed by atoms with van der Waals surface area (Å²) in [5.41, 5.74) is 2.61. The van der Waals surface area contributed by atoms with E-state index in [0.29, 0.717) is 11.4 Å². The molecule has 176 valence electrons. The Balaban J connectivity index is 1.59. The highest BCUT2D eigenvalue weighted by atomic mass is 35.5. The minimum absolute atomic E-state index is 0.0855. The molecule has 34 heavy (non-hydrogen) atoms. The third-order valence-electron chi connectivity index (χ3n) is 5.96. The quantitative estimate of drug-likeness (QED) is 0.512. The van der Waals surface area contributed by atoms with Crippen LogP contribution in [0.2, 0.25) is 5.02 Å². The zero-order valence-corrected chi connectivity index (χ0v) is 19.5. The van der Waals surface area contributed by atoms with Gasteiger partial charge in [0.25, 0.3) is 5.91 Å². The predicted octanol–water partition coefficient (Wildman–Crippen LogP) is 4.04. The molecule has 1 aliphatic heterocycles. The number of hydrogen-bond donors (Lipinski definition) is 2. The number of nitrogens with zero attached hydrogens (tertiary/aromatic N) is 1. The van der Waals surface area contributed by atoms with Gasteiger partial charge in [0.2, 0.25) is 0 Å². The van der Waals surface area contributed by atoms with Gasteiger partial charge in [0.1, 0.15) is 5.82 Å². The van der Waals surface area contributed by atoms with Crippen LogP contribution >= 0.6 is 11.6 Å². The molecule has 7 heteroatoms. The Hall–Kier alpha value is -3.22. The lowest BCUT2D eigenvalue weighted by Crippen LogP contribution is -2.45. The molecule has 3 aromatic carbocycles. The molecule has 1 heterocycles. The monoisotopic (exact) mass is 479 g/mol. The van der Waals surface area contributed by atoms with Gasteiger partial charge in [-0.05, 0) is 47.9 Å². The Bertz CT molecular complexity index is 1150. The van der Waals surface area contributed by atoms with Gasteiger partial charge in [0, 0.05) is 43.3 Å². The Morgan fingerprint density at radius 1 is 1.00 bits per heavy atom.